The zero-order chi connectivity index (χ0) is 29.9. The second-order valence-electron chi connectivity index (χ2n) is 8.01. The number of carbonyl (C=O) groups excluding carboxylic acids is 2. The van der Waals surface area contributed by atoms with Crippen LogP contribution in [-0.4, -0.2) is 49.2 Å². The number of hydrogen-bond donors (Lipinski definition) is 1. The highest BCUT2D eigenvalue weighted by Gasteiger charge is 2.41. The van der Waals surface area contributed by atoms with Gasteiger partial charge in [-0.05, 0) is 51.8 Å². The SMILES string of the molecule is CN(CC(F)(F)F)C(=O)CNC(=O)c1ccc(/C(F)=C/C(c2ccc(Br)c(Cl)c2)C(F)(F)F)cc1C(F)(F)F. The van der Waals surface area contributed by atoms with Gasteiger partial charge in [-0.1, -0.05) is 23.7 Å². The number of allylic oxidation sites excluding steroid dienone is 1. The molecule has 0 spiro atoms. The van der Waals surface area contributed by atoms with Gasteiger partial charge in [0.25, 0.3) is 5.91 Å². The Kier molecular flexibility index (Phi) is 10.1. The van der Waals surface area contributed by atoms with E-state index in [0.29, 0.717) is 12.1 Å². The molecule has 0 aliphatic carbocycles. The molecule has 0 aliphatic rings. The Hall–Kier alpha value is -2.81. The van der Waals surface area contributed by atoms with Gasteiger partial charge in [0.05, 0.1) is 22.7 Å². The minimum atomic E-state index is -5.30. The molecule has 1 atom stereocenters. The van der Waals surface area contributed by atoms with Gasteiger partial charge in [0.15, 0.2) is 0 Å². The van der Waals surface area contributed by atoms with Gasteiger partial charge >= 0.3 is 18.5 Å². The third kappa shape index (κ3) is 9.12. The number of likely N-dealkylation sites (N-methyl/N-ethyl adjacent to an activating group) is 1. The highest BCUT2D eigenvalue weighted by atomic mass is 79.9. The molecule has 2 rings (SSSR count). The zero-order valence-corrected chi connectivity index (χ0v) is 21.7. The predicted molar refractivity (Wildman–Crippen MR) is 125 cm³/mol. The van der Waals surface area contributed by atoms with E-state index in [4.69, 9.17) is 11.6 Å². The van der Waals surface area contributed by atoms with Crippen molar-refractivity contribution in [3.05, 3.63) is 74.2 Å². The molecule has 1 unspecified atom stereocenters. The molecule has 16 heteroatoms. The zero-order valence-electron chi connectivity index (χ0n) is 19.3. The number of nitrogens with one attached hydrogen (secondary N) is 1. The Morgan fingerprint density at radius 2 is 1.64 bits per heavy atom. The van der Waals surface area contributed by atoms with Gasteiger partial charge in [0, 0.05) is 17.1 Å². The molecular weight excluding hydrogens is 642 g/mol. The number of rotatable bonds is 7. The van der Waals surface area contributed by atoms with E-state index < -0.39 is 77.4 Å². The summed E-state index contributed by atoms with van der Waals surface area (Å²) in [5.41, 5.74) is -4.35. The fourth-order valence-corrected chi connectivity index (χ4v) is 3.63. The minimum absolute atomic E-state index is 0.0456. The molecule has 0 bridgehead atoms. The summed E-state index contributed by atoms with van der Waals surface area (Å²) in [4.78, 5) is 24.2. The van der Waals surface area contributed by atoms with Gasteiger partial charge in [-0.15, -0.1) is 0 Å². The Labute approximate surface area is 227 Å². The van der Waals surface area contributed by atoms with E-state index in [-0.39, 0.29) is 26.5 Å². The topological polar surface area (TPSA) is 49.4 Å². The van der Waals surface area contributed by atoms with Crippen molar-refractivity contribution in [1.82, 2.24) is 10.2 Å². The van der Waals surface area contributed by atoms with E-state index in [2.05, 4.69) is 15.9 Å². The molecule has 0 saturated heterocycles. The summed E-state index contributed by atoms with van der Waals surface area (Å²) >= 11 is 8.80. The normalized spacial score (nSPS) is 13.7. The van der Waals surface area contributed by atoms with Gasteiger partial charge in [0.2, 0.25) is 5.91 Å². The summed E-state index contributed by atoms with van der Waals surface area (Å²) < 4.78 is 134. The van der Waals surface area contributed by atoms with Gasteiger partial charge in [0.1, 0.15) is 18.3 Å². The van der Waals surface area contributed by atoms with E-state index in [1.807, 2.05) is 0 Å². The number of halogens is 12. The number of carbonyl (C=O) groups is 2. The maximum Gasteiger partial charge on any atom is 0.417 e. The van der Waals surface area contributed by atoms with Crippen LogP contribution in [-0.2, 0) is 11.0 Å². The van der Waals surface area contributed by atoms with E-state index >= 15 is 0 Å². The maximum absolute atomic E-state index is 14.9. The molecule has 0 aromatic heterocycles. The lowest BCUT2D eigenvalue weighted by atomic mass is 9.95. The van der Waals surface area contributed by atoms with E-state index in [1.54, 1.807) is 5.32 Å². The number of amides is 2. The van der Waals surface area contributed by atoms with Crippen LogP contribution in [0, 0.1) is 0 Å². The van der Waals surface area contributed by atoms with Crippen LogP contribution >= 0.6 is 27.5 Å². The van der Waals surface area contributed by atoms with Crippen LogP contribution in [0.15, 0.2) is 46.9 Å². The standard InChI is InChI=1S/C23H16BrClF10N2O2/c1-37(10-21(27,28)29)19(38)9-36-20(39)13-4-2-12(6-15(13)23(33,34)35)18(26)8-14(22(30,31)32)11-3-5-16(24)17(25)7-11/h2-8,14H,9-10H2,1H3,(H,36,39)/b18-8-. The number of alkyl halides is 9. The molecular formula is C23H16BrClF10N2O2. The molecule has 2 aromatic carbocycles. The molecule has 4 nitrogen and oxygen atoms in total. The lowest BCUT2D eigenvalue weighted by Crippen LogP contribution is -2.42. The second kappa shape index (κ2) is 12.1. The van der Waals surface area contributed by atoms with Crippen LogP contribution in [0.25, 0.3) is 5.83 Å². The number of hydrogen-bond acceptors (Lipinski definition) is 2. The third-order valence-corrected chi connectivity index (χ3v) is 6.29. The fourth-order valence-electron chi connectivity index (χ4n) is 3.20. The van der Waals surface area contributed by atoms with Crippen molar-refractivity contribution in [2.45, 2.75) is 24.4 Å². The Bertz CT molecular complexity index is 1260. The monoisotopic (exact) mass is 656 g/mol. The van der Waals surface area contributed by atoms with Crippen molar-refractivity contribution < 1.29 is 53.5 Å². The van der Waals surface area contributed by atoms with Gasteiger partial charge in [-0.2, -0.15) is 39.5 Å². The molecule has 0 heterocycles. The van der Waals surface area contributed by atoms with Crippen molar-refractivity contribution in [3.63, 3.8) is 0 Å². The van der Waals surface area contributed by atoms with E-state index in [1.165, 1.54) is 6.07 Å². The summed E-state index contributed by atoms with van der Waals surface area (Å²) in [6.07, 6.45) is -15.1. The third-order valence-electron chi connectivity index (χ3n) is 5.06. The van der Waals surface area contributed by atoms with Gasteiger partial charge < -0.3 is 10.2 Å². The molecule has 214 valence electrons. The molecule has 39 heavy (non-hydrogen) atoms. The average Bonchev–Trinajstić information content (AvgIpc) is 2.79. The van der Waals surface area contributed by atoms with Crippen LogP contribution in [0.5, 0.6) is 0 Å². The van der Waals surface area contributed by atoms with Crippen molar-refractivity contribution in [2.24, 2.45) is 0 Å². The summed E-state index contributed by atoms with van der Waals surface area (Å²) in [5.74, 6) is -7.10. The highest BCUT2D eigenvalue weighted by Crippen LogP contribution is 2.41. The predicted octanol–water partition coefficient (Wildman–Crippen LogP) is 7.53. The highest BCUT2D eigenvalue weighted by molar-refractivity contribution is 9.10. The summed E-state index contributed by atoms with van der Waals surface area (Å²) in [7, 11) is 0.753. The Morgan fingerprint density at radius 3 is 2.15 bits per heavy atom. The van der Waals surface area contributed by atoms with Crippen molar-refractivity contribution in [3.8, 4) is 0 Å². The summed E-state index contributed by atoms with van der Waals surface area (Å²) in [6, 6.07) is 4.22. The number of benzene rings is 2. The van der Waals surface area contributed by atoms with Gasteiger partial charge in [-0.25, -0.2) is 4.39 Å². The van der Waals surface area contributed by atoms with Crippen molar-refractivity contribution in [1.29, 1.82) is 0 Å². The maximum atomic E-state index is 14.9. The minimum Gasteiger partial charge on any atom is -0.343 e. The lowest BCUT2D eigenvalue weighted by molar-refractivity contribution is -0.157. The fraction of sp³-hybridized carbons (Fsp3) is 0.304. The molecule has 0 saturated carbocycles. The summed E-state index contributed by atoms with van der Waals surface area (Å²) in [5, 5.41) is 1.61. The molecule has 0 radical (unpaired) electrons. The van der Waals surface area contributed by atoms with Crippen LogP contribution in [0.1, 0.15) is 33.0 Å². The Morgan fingerprint density at radius 1 is 1.03 bits per heavy atom. The molecule has 2 amide bonds. The first-order valence-corrected chi connectivity index (χ1v) is 11.6. The Balaban J connectivity index is 2.39. The van der Waals surface area contributed by atoms with Crippen LogP contribution in [0.3, 0.4) is 0 Å². The molecule has 2 aromatic rings. The first-order valence-electron chi connectivity index (χ1n) is 10.4. The molecule has 0 fully saturated rings. The first kappa shape index (κ1) is 32.4. The molecule has 0 aliphatic heterocycles. The lowest BCUT2D eigenvalue weighted by Gasteiger charge is -2.20. The largest absolute Gasteiger partial charge is 0.417 e. The molecule has 1 N–H and O–H groups in total. The van der Waals surface area contributed by atoms with E-state index in [9.17, 15) is 53.5 Å². The van der Waals surface area contributed by atoms with Crippen molar-refractivity contribution in [2.75, 3.05) is 20.1 Å². The van der Waals surface area contributed by atoms with Gasteiger partial charge in [-0.3, -0.25) is 9.59 Å². The smallest absolute Gasteiger partial charge is 0.343 e. The average molecular weight is 658 g/mol. The first-order chi connectivity index (χ1) is 17.7. The van der Waals surface area contributed by atoms with Crippen LogP contribution in [0.4, 0.5) is 43.9 Å². The summed E-state index contributed by atoms with van der Waals surface area (Å²) in [6.45, 7) is -2.77. The van der Waals surface area contributed by atoms with E-state index in [0.717, 1.165) is 19.2 Å². The quantitative estimate of drug-likeness (QED) is 0.313. The van der Waals surface area contributed by atoms with Crippen molar-refractivity contribution >= 4 is 45.2 Å². The van der Waals surface area contributed by atoms with Crippen LogP contribution < -0.4 is 5.32 Å². The second-order valence-corrected chi connectivity index (χ2v) is 9.27. The number of nitrogens with zero attached hydrogens (tertiary/aromatic N) is 1. The van der Waals surface area contributed by atoms with Crippen LogP contribution in [0.2, 0.25) is 5.02 Å².